The number of para-hydroxylation sites is 2. The molecule has 27 heavy (non-hydrogen) atoms. The van der Waals surface area contributed by atoms with E-state index >= 15 is 0 Å². The van der Waals surface area contributed by atoms with E-state index in [1.54, 1.807) is 35.9 Å². The molecule has 3 aromatic rings. The summed E-state index contributed by atoms with van der Waals surface area (Å²) in [6.07, 6.45) is 1.50. The van der Waals surface area contributed by atoms with E-state index in [2.05, 4.69) is 15.5 Å². The van der Waals surface area contributed by atoms with Gasteiger partial charge in [0, 0.05) is 18.7 Å². The molecule has 10 heteroatoms. The van der Waals surface area contributed by atoms with E-state index in [0.717, 1.165) is 11.8 Å². The van der Waals surface area contributed by atoms with Crippen molar-refractivity contribution in [2.75, 3.05) is 12.4 Å². The summed E-state index contributed by atoms with van der Waals surface area (Å²) in [7, 11) is 3.23. The topological polar surface area (TPSA) is 112 Å². The number of rotatable bonds is 6. The van der Waals surface area contributed by atoms with E-state index in [1.807, 2.05) is 0 Å². The Morgan fingerprint density at radius 3 is 2.74 bits per heavy atom. The number of anilines is 1. The molecule has 1 aromatic heterocycles. The average molecular weight is 385 g/mol. The molecule has 0 saturated carbocycles. The van der Waals surface area contributed by atoms with Gasteiger partial charge >= 0.3 is 0 Å². The first kappa shape index (κ1) is 18.4. The quantitative estimate of drug-likeness (QED) is 0.512. The van der Waals surface area contributed by atoms with Crippen LogP contribution in [0.3, 0.4) is 0 Å². The van der Waals surface area contributed by atoms with E-state index in [9.17, 15) is 14.9 Å². The van der Waals surface area contributed by atoms with Crippen molar-refractivity contribution in [1.29, 1.82) is 0 Å². The van der Waals surface area contributed by atoms with Gasteiger partial charge in [-0.15, -0.1) is 10.2 Å². The van der Waals surface area contributed by atoms with Crippen LogP contribution in [0.25, 0.3) is 0 Å². The fourth-order valence-electron chi connectivity index (χ4n) is 2.29. The molecular weight excluding hydrogens is 370 g/mol. The van der Waals surface area contributed by atoms with Crippen LogP contribution in [-0.4, -0.2) is 32.7 Å². The maximum absolute atomic E-state index is 12.5. The van der Waals surface area contributed by atoms with Crippen molar-refractivity contribution in [3.63, 3.8) is 0 Å². The summed E-state index contributed by atoms with van der Waals surface area (Å²) in [5, 5.41) is 22.3. The maximum atomic E-state index is 12.5. The third-order valence-electron chi connectivity index (χ3n) is 3.64. The molecule has 0 aliphatic heterocycles. The first-order chi connectivity index (χ1) is 13.0. The minimum absolute atomic E-state index is 0.162. The summed E-state index contributed by atoms with van der Waals surface area (Å²) in [5.41, 5.74) is 0.454. The van der Waals surface area contributed by atoms with Gasteiger partial charge in [0.25, 0.3) is 11.6 Å². The SMILES string of the molecule is COc1ccccc1NC(=O)c1ccc(Sc2nncn2C)c([N+](=O)[O-])c1. The lowest BCUT2D eigenvalue weighted by molar-refractivity contribution is -0.387. The highest BCUT2D eigenvalue weighted by atomic mass is 32.2. The number of aryl methyl sites for hydroxylation is 1. The lowest BCUT2D eigenvalue weighted by Gasteiger charge is -2.10. The van der Waals surface area contributed by atoms with Crippen molar-refractivity contribution in [1.82, 2.24) is 14.8 Å². The van der Waals surface area contributed by atoms with Gasteiger partial charge in [0.2, 0.25) is 0 Å². The molecule has 0 spiro atoms. The molecule has 0 radical (unpaired) electrons. The Balaban J connectivity index is 1.88. The molecule has 0 aliphatic rings. The number of carbonyl (C=O) groups is 1. The third kappa shape index (κ3) is 4.06. The van der Waals surface area contributed by atoms with Crippen LogP contribution in [0.1, 0.15) is 10.4 Å². The van der Waals surface area contributed by atoms with Gasteiger partial charge < -0.3 is 14.6 Å². The molecule has 1 amide bonds. The fraction of sp³-hybridized carbons (Fsp3) is 0.118. The van der Waals surface area contributed by atoms with Crippen molar-refractivity contribution >= 4 is 29.0 Å². The van der Waals surface area contributed by atoms with Gasteiger partial charge in [-0.2, -0.15) is 0 Å². The van der Waals surface area contributed by atoms with Gasteiger partial charge in [-0.05, 0) is 36.0 Å². The van der Waals surface area contributed by atoms with Crippen LogP contribution in [0.15, 0.2) is 58.8 Å². The van der Waals surface area contributed by atoms with Crippen LogP contribution in [0.4, 0.5) is 11.4 Å². The van der Waals surface area contributed by atoms with Crippen molar-refractivity contribution in [2.45, 2.75) is 10.1 Å². The molecule has 2 aromatic carbocycles. The number of hydrogen-bond donors (Lipinski definition) is 1. The van der Waals surface area contributed by atoms with Crippen LogP contribution < -0.4 is 10.1 Å². The number of amides is 1. The van der Waals surface area contributed by atoms with E-state index < -0.39 is 10.8 Å². The van der Waals surface area contributed by atoms with Gasteiger partial charge in [-0.3, -0.25) is 14.9 Å². The standard InChI is InChI=1S/C17H15N5O4S/c1-21-10-18-20-17(21)27-15-8-7-11(9-13(15)22(24)25)16(23)19-12-5-3-4-6-14(12)26-2/h3-10H,1-2H3,(H,19,23). The summed E-state index contributed by atoms with van der Waals surface area (Å²) >= 11 is 1.10. The molecule has 0 unspecified atom stereocenters. The summed E-state index contributed by atoms with van der Waals surface area (Å²) in [6, 6.07) is 11.2. The number of nitrogens with zero attached hydrogens (tertiary/aromatic N) is 4. The number of aromatic nitrogens is 3. The summed E-state index contributed by atoms with van der Waals surface area (Å²) in [5.74, 6) is 0.0209. The van der Waals surface area contributed by atoms with Gasteiger partial charge in [-0.1, -0.05) is 12.1 Å². The van der Waals surface area contributed by atoms with Crippen LogP contribution in [0.5, 0.6) is 5.75 Å². The molecule has 1 heterocycles. The number of nitro benzene ring substituents is 1. The number of nitrogens with one attached hydrogen (secondary N) is 1. The van der Waals surface area contributed by atoms with Crippen LogP contribution in [0.2, 0.25) is 0 Å². The highest BCUT2D eigenvalue weighted by Crippen LogP contribution is 2.34. The summed E-state index contributed by atoms with van der Waals surface area (Å²) < 4.78 is 6.84. The van der Waals surface area contributed by atoms with Gasteiger partial charge in [-0.25, -0.2) is 0 Å². The number of ether oxygens (including phenoxy) is 1. The predicted molar refractivity (Wildman–Crippen MR) is 99.2 cm³/mol. The van der Waals surface area contributed by atoms with Crippen molar-refractivity contribution in [3.05, 3.63) is 64.5 Å². The Bertz CT molecular complexity index is 1000. The van der Waals surface area contributed by atoms with Gasteiger partial charge in [0.05, 0.1) is 22.6 Å². The second-order valence-electron chi connectivity index (χ2n) is 5.42. The Labute approximate surface area is 158 Å². The molecule has 0 atom stereocenters. The number of hydrogen-bond acceptors (Lipinski definition) is 7. The van der Waals surface area contributed by atoms with Gasteiger partial charge in [0.15, 0.2) is 5.16 Å². The largest absolute Gasteiger partial charge is 0.495 e. The lowest BCUT2D eigenvalue weighted by Crippen LogP contribution is -2.13. The monoisotopic (exact) mass is 385 g/mol. The van der Waals surface area contributed by atoms with Gasteiger partial charge in [0.1, 0.15) is 12.1 Å². The second kappa shape index (κ2) is 7.87. The van der Waals surface area contributed by atoms with E-state index in [0.29, 0.717) is 21.5 Å². The molecule has 0 aliphatic carbocycles. The van der Waals surface area contributed by atoms with E-state index in [-0.39, 0.29) is 11.3 Å². The Hall–Kier alpha value is -3.40. The molecule has 0 fully saturated rings. The average Bonchev–Trinajstić information content (AvgIpc) is 3.07. The number of nitro groups is 1. The van der Waals surface area contributed by atoms with Crippen molar-refractivity contribution in [2.24, 2.45) is 7.05 Å². The second-order valence-corrected chi connectivity index (χ2v) is 6.43. The third-order valence-corrected chi connectivity index (χ3v) is 4.76. The molecule has 1 N–H and O–H groups in total. The first-order valence-electron chi connectivity index (χ1n) is 7.74. The Morgan fingerprint density at radius 1 is 1.30 bits per heavy atom. The highest BCUT2D eigenvalue weighted by Gasteiger charge is 2.20. The molecule has 0 bridgehead atoms. The predicted octanol–water partition coefficient (Wildman–Crippen LogP) is 3.14. The smallest absolute Gasteiger partial charge is 0.284 e. The van der Waals surface area contributed by atoms with E-state index in [1.165, 1.54) is 31.6 Å². The molecule has 138 valence electrons. The first-order valence-corrected chi connectivity index (χ1v) is 8.56. The fourth-order valence-corrected chi connectivity index (χ4v) is 3.14. The zero-order valence-corrected chi connectivity index (χ0v) is 15.3. The summed E-state index contributed by atoms with van der Waals surface area (Å²) in [4.78, 5) is 23.8. The van der Waals surface area contributed by atoms with Crippen LogP contribution >= 0.6 is 11.8 Å². The molecular formula is C17H15N5O4S. The highest BCUT2D eigenvalue weighted by molar-refractivity contribution is 7.99. The lowest BCUT2D eigenvalue weighted by atomic mass is 10.2. The Kier molecular flexibility index (Phi) is 5.36. The molecule has 0 saturated heterocycles. The van der Waals surface area contributed by atoms with Crippen molar-refractivity contribution in [3.8, 4) is 5.75 Å². The zero-order valence-electron chi connectivity index (χ0n) is 14.4. The number of methoxy groups -OCH3 is 1. The molecule has 9 nitrogen and oxygen atoms in total. The summed E-state index contributed by atoms with van der Waals surface area (Å²) in [6.45, 7) is 0. The number of benzene rings is 2. The minimum atomic E-state index is -0.529. The molecule has 3 rings (SSSR count). The Morgan fingerprint density at radius 2 is 2.07 bits per heavy atom. The van der Waals surface area contributed by atoms with Crippen LogP contribution in [0, 0.1) is 10.1 Å². The maximum Gasteiger partial charge on any atom is 0.284 e. The minimum Gasteiger partial charge on any atom is -0.495 e. The van der Waals surface area contributed by atoms with Crippen molar-refractivity contribution < 1.29 is 14.5 Å². The van der Waals surface area contributed by atoms with Crippen LogP contribution in [-0.2, 0) is 7.05 Å². The zero-order chi connectivity index (χ0) is 19.4. The number of carbonyl (C=O) groups excluding carboxylic acids is 1. The van der Waals surface area contributed by atoms with E-state index in [4.69, 9.17) is 4.74 Å². The normalized spacial score (nSPS) is 10.4.